The zero-order valence-corrected chi connectivity index (χ0v) is 18.4. The average molecular weight is 440 g/mol. The van der Waals surface area contributed by atoms with Crippen molar-refractivity contribution in [3.05, 3.63) is 45.1 Å². The lowest BCUT2D eigenvalue weighted by Gasteiger charge is -2.39. The SMILES string of the molecule is CCOC(=O)C1=C(CN2CCCCC2)N(CC)C(=O)N[C@H]1c1ccc(Cl)cc1Cl. The number of hydrogen-bond donors (Lipinski definition) is 1. The highest BCUT2D eigenvalue weighted by Crippen LogP contribution is 2.36. The van der Waals surface area contributed by atoms with Crippen molar-refractivity contribution in [2.24, 2.45) is 0 Å². The normalized spacial score (nSPS) is 20.6. The summed E-state index contributed by atoms with van der Waals surface area (Å²) >= 11 is 12.5. The van der Waals surface area contributed by atoms with E-state index >= 15 is 0 Å². The van der Waals surface area contributed by atoms with Crippen molar-refractivity contribution in [3.8, 4) is 0 Å². The molecule has 0 aromatic heterocycles. The summed E-state index contributed by atoms with van der Waals surface area (Å²) in [5.74, 6) is -0.436. The third-order valence-corrected chi connectivity index (χ3v) is 5.91. The molecule has 1 aromatic carbocycles. The van der Waals surface area contributed by atoms with Crippen molar-refractivity contribution in [1.29, 1.82) is 0 Å². The Balaban J connectivity index is 2.11. The first-order valence-electron chi connectivity index (χ1n) is 10.1. The van der Waals surface area contributed by atoms with Gasteiger partial charge in [-0.1, -0.05) is 35.7 Å². The van der Waals surface area contributed by atoms with Crippen molar-refractivity contribution in [2.75, 3.05) is 32.8 Å². The van der Waals surface area contributed by atoms with Crippen LogP contribution in [0.1, 0.15) is 44.7 Å². The van der Waals surface area contributed by atoms with Gasteiger partial charge in [0.25, 0.3) is 0 Å². The number of nitrogens with zero attached hydrogens (tertiary/aromatic N) is 2. The molecule has 1 aromatic rings. The Morgan fingerprint density at radius 3 is 2.55 bits per heavy atom. The smallest absolute Gasteiger partial charge is 0.338 e. The Hall–Kier alpha value is -1.76. The molecule has 2 aliphatic heterocycles. The van der Waals surface area contributed by atoms with Gasteiger partial charge in [0.2, 0.25) is 0 Å². The van der Waals surface area contributed by atoms with Crippen LogP contribution < -0.4 is 5.32 Å². The number of carbonyl (C=O) groups is 2. The molecule has 2 amide bonds. The average Bonchev–Trinajstić information content (AvgIpc) is 2.69. The lowest BCUT2D eigenvalue weighted by atomic mass is 9.93. The molecule has 3 rings (SSSR count). The summed E-state index contributed by atoms with van der Waals surface area (Å²) in [6, 6.07) is 4.13. The molecule has 0 aliphatic carbocycles. The Kier molecular flexibility index (Phi) is 7.44. The fraction of sp³-hybridized carbons (Fsp3) is 0.524. The maximum Gasteiger partial charge on any atom is 0.338 e. The molecule has 0 saturated carbocycles. The van der Waals surface area contributed by atoms with Gasteiger partial charge in [-0.25, -0.2) is 9.59 Å². The van der Waals surface area contributed by atoms with Gasteiger partial charge in [-0.05, 0) is 57.5 Å². The van der Waals surface area contributed by atoms with Crippen LogP contribution in [0.4, 0.5) is 4.79 Å². The number of benzene rings is 1. The fourth-order valence-electron chi connectivity index (χ4n) is 3.96. The van der Waals surface area contributed by atoms with Crippen LogP contribution in [0.15, 0.2) is 29.5 Å². The summed E-state index contributed by atoms with van der Waals surface area (Å²) in [7, 11) is 0. The quantitative estimate of drug-likeness (QED) is 0.667. The van der Waals surface area contributed by atoms with E-state index in [0.717, 1.165) is 25.9 Å². The number of likely N-dealkylation sites (tertiary alicyclic amines) is 1. The molecule has 1 saturated heterocycles. The third kappa shape index (κ3) is 4.87. The second-order valence-electron chi connectivity index (χ2n) is 7.21. The topological polar surface area (TPSA) is 61.9 Å². The molecule has 8 heteroatoms. The molecule has 29 heavy (non-hydrogen) atoms. The zero-order valence-electron chi connectivity index (χ0n) is 16.8. The van der Waals surface area contributed by atoms with Crippen LogP contribution in [-0.2, 0) is 9.53 Å². The van der Waals surface area contributed by atoms with Gasteiger partial charge in [0.05, 0.1) is 18.2 Å². The number of amides is 2. The number of hydrogen-bond acceptors (Lipinski definition) is 4. The summed E-state index contributed by atoms with van der Waals surface area (Å²) in [6.45, 7) is 6.80. The zero-order chi connectivity index (χ0) is 21.0. The van der Waals surface area contributed by atoms with Gasteiger partial charge in [0.15, 0.2) is 0 Å². The van der Waals surface area contributed by atoms with E-state index in [1.807, 2.05) is 6.92 Å². The third-order valence-electron chi connectivity index (χ3n) is 5.35. The van der Waals surface area contributed by atoms with Crippen LogP contribution in [-0.4, -0.2) is 54.6 Å². The van der Waals surface area contributed by atoms with Crippen LogP contribution in [0.2, 0.25) is 10.0 Å². The minimum absolute atomic E-state index is 0.247. The number of piperidine rings is 1. The molecular weight excluding hydrogens is 413 g/mol. The number of carbonyl (C=O) groups excluding carboxylic acids is 2. The number of nitrogens with one attached hydrogen (secondary N) is 1. The highest BCUT2D eigenvalue weighted by Gasteiger charge is 2.39. The molecule has 0 radical (unpaired) electrons. The van der Waals surface area contributed by atoms with Crippen LogP contribution in [0, 0.1) is 0 Å². The second kappa shape index (κ2) is 9.83. The number of esters is 1. The van der Waals surface area contributed by atoms with Crippen LogP contribution in [0.5, 0.6) is 0 Å². The molecule has 2 aliphatic rings. The van der Waals surface area contributed by atoms with Crippen molar-refractivity contribution in [1.82, 2.24) is 15.1 Å². The summed E-state index contributed by atoms with van der Waals surface area (Å²) in [6.07, 6.45) is 3.45. The first-order chi connectivity index (χ1) is 14.0. The predicted molar refractivity (Wildman–Crippen MR) is 114 cm³/mol. The molecule has 0 spiro atoms. The van der Waals surface area contributed by atoms with Gasteiger partial charge in [0, 0.05) is 28.8 Å². The van der Waals surface area contributed by atoms with E-state index in [0.29, 0.717) is 40.0 Å². The lowest BCUT2D eigenvalue weighted by molar-refractivity contribution is -0.139. The number of urea groups is 1. The van der Waals surface area contributed by atoms with E-state index in [9.17, 15) is 9.59 Å². The van der Waals surface area contributed by atoms with Gasteiger partial charge in [-0.15, -0.1) is 0 Å². The standard InChI is InChI=1S/C21H27Cl2N3O3/c1-3-26-17(13-25-10-6-5-7-11-25)18(20(27)29-4-2)19(24-21(26)28)15-9-8-14(22)12-16(15)23/h8-9,12,19H,3-7,10-11,13H2,1-2H3,(H,24,28)/t19-/m0/s1. The van der Waals surface area contributed by atoms with E-state index < -0.39 is 12.0 Å². The summed E-state index contributed by atoms with van der Waals surface area (Å²) < 4.78 is 5.38. The van der Waals surface area contributed by atoms with Crippen molar-refractivity contribution >= 4 is 35.2 Å². The Morgan fingerprint density at radius 2 is 1.93 bits per heavy atom. The molecule has 0 unspecified atom stereocenters. The molecule has 1 fully saturated rings. The van der Waals surface area contributed by atoms with E-state index in [1.54, 1.807) is 30.0 Å². The molecular formula is C21H27Cl2N3O3. The first kappa shape index (κ1) is 21.9. The van der Waals surface area contributed by atoms with Gasteiger partial charge in [0.1, 0.15) is 0 Å². The predicted octanol–water partition coefficient (Wildman–Crippen LogP) is 4.38. The Morgan fingerprint density at radius 1 is 1.21 bits per heavy atom. The maximum atomic E-state index is 13.0. The number of rotatable bonds is 6. The van der Waals surface area contributed by atoms with Crippen molar-refractivity contribution < 1.29 is 14.3 Å². The van der Waals surface area contributed by atoms with Crippen LogP contribution in [0.3, 0.4) is 0 Å². The van der Waals surface area contributed by atoms with E-state index in [2.05, 4.69) is 10.2 Å². The van der Waals surface area contributed by atoms with Crippen LogP contribution >= 0.6 is 23.2 Å². The number of likely N-dealkylation sites (N-methyl/N-ethyl adjacent to an activating group) is 1. The van der Waals surface area contributed by atoms with E-state index in [1.165, 1.54) is 6.42 Å². The fourth-order valence-corrected chi connectivity index (χ4v) is 4.47. The highest BCUT2D eigenvalue weighted by atomic mass is 35.5. The first-order valence-corrected chi connectivity index (χ1v) is 10.9. The molecule has 158 valence electrons. The van der Waals surface area contributed by atoms with Crippen LogP contribution in [0.25, 0.3) is 0 Å². The summed E-state index contributed by atoms with van der Waals surface area (Å²) in [4.78, 5) is 29.9. The summed E-state index contributed by atoms with van der Waals surface area (Å²) in [5, 5.41) is 3.82. The monoisotopic (exact) mass is 439 g/mol. The van der Waals surface area contributed by atoms with E-state index in [-0.39, 0.29) is 12.6 Å². The summed E-state index contributed by atoms with van der Waals surface area (Å²) in [5.41, 5.74) is 1.75. The van der Waals surface area contributed by atoms with Crippen molar-refractivity contribution in [2.45, 2.75) is 39.2 Å². The lowest BCUT2D eigenvalue weighted by Crippen LogP contribution is -2.51. The molecule has 2 heterocycles. The number of halogens is 2. The second-order valence-corrected chi connectivity index (χ2v) is 8.05. The molecule has 0 bridgehead atoms. The molecule has 1 N–H and O–H groups in total. The Bertz CT molecular complexity index is 806. The van der Waals surface area contributed by atoms with Gasteiger partial charge in [-0.3, -0.25) is 9.80 Å². The molecule has 1 atom stereocenters. The Labute approximate surface area is 181 Å². The minimum Gasteiger partial charge on any atom is -0.463 e. The number of ether oxygens (including phenoxy) is 1. The maximum absolute atomic E-state index is 13.0. The van der Waals surface area contributed by atoms with Gasteiger partial charge >= 0.3 is 12.0 Å². The molecule has 6 nitrogen and oxygen atoms in total. The highest BCUT2D eigenvalue weighted by molar-refractivity contribution is 6.35. The minimum atomic E-state index is -0.686. The van der Waals surface area contributed by atoms with Crippen molar-refractivity contribution in [3.63, 3.8) is 0 Å². The van der Waals surface area contributed by atoms with Gasteiger partial charge < -0.3 is 10.1 Å². The van der Waals surface area contributed by atoms with E-state index in [4.69, 9.17) is 27.9 Å². The largest absolute Gasteiger partial charge is 0.463 e. The van der Waals surface area contributed by atoms with Gasteiger partial charge in [-0.2, -0.15) is 0 Å².